The summed E-state index contributed by atoms with van der Waals surface area (Å²) in [5, 5.41) is 12.8. The molecule has 0 spiro atoms. The molecule has 0 aliphatic carbocycles. The Morgan fingerprint density at radius 1 is 1.23 bits per heavy atom. The van der Waals surface area contributed by atoms with Gasteiger partial charge in [0, 0.05) is 24.8 Å². The summed E-state index contributed by atoms with van der Waals surface area (Å²) in [5.74, 6) is -0.947. The third-order valence-electron chi connectivity index (χ3n) is 5.07. The maximum Gasteiger partial charge on any atom is 0.276 e. The lowest BCUT2D eigenvalue weighted by Gasteiger charge is -2.33. The number of aromatic nitrogens is 2. The van der Waals surface area contributed by atoms with Gasteiger partial charge in [-0.25, -0.2) is 9.37 Å². The molecule has 1 saturated heterocycles. The largest absolute Gasteiger partial charge is 0.397 e. The van der Waals surface area contributed by atoms with Gasteiger partial charge in [0.05, 0.1) is 35.1 Å². The van der Waals surface area contributed by atoms with Crippen molar-refractivity contribution in [3.05, 3.63) is 66.4 Å². The molecular formula is C22H22FN5O2. The number of nitrogens with two attached hydrogens (primary N) is 1. The predicted octanol–water partition coefficient (Wildman–Crippen LogP) is 3.08. The maximum absolute atomic E-state index is 14.1. The second-order valence-corrected chi connectivity index (χ2v) is 7.20. The van der Waals surface area contributed by atoms with Crippen molar-refractivity contribution >= 4 is 23.0 Å². The normalized spacial score (nSPS) is 16.3. The van der Waals surface area contributed by atoms with Crippen LogP contribution in [0.3, 0.4) is 0 Å². The van der Waals surface area contributed by atoms with Crippen LogP contribution in [0.15, 0.2) is 54.9 Å². The number of piperidine rings is 1. The zero-order valence-electron chi connectivity index (χ0n) is 16.3. The number of nitrogen functional groups attached to an aromatic ring is 1. The molecular weight excluding hydrogens is 385 g/mol. The van der Waals surface area contributed by atoms with Crippen molar-refractivity contribution in [3.63, 3.8) is 0 Å². The van der Waals surface area contributed by atoms with Gasteiger partial charge in [0.1, 0.15) is 5.82 Å². The lowest BCUT2D eigenvalue weighted by atomic mass is 10.1. The standard InChI is InChI=1S/C22H22FN5O2/c23-16-6-2-1-5-15(16)18-8-7-17(24)21(26-18)22(30)27-19-12-25-10-9-20(19)28-11-3-4-14(29)13-28/h1-2,5-10,12,14,29H,3-4,11,13,24H2,(H,27,30)/t14-/m0/s1. The van der Waals surface area contributed by atoms with E-state index in [0.29, 0.717) is 17.9 Å². The number of nitrogens with zero attached hydrogens (tertiary/aromatic N) is 3. The highest BCUT2D eigenvalue weighted by molar-refractivity contribution is 6.07. The monoisotopic (exact) mass is 407 g/mol. The van der Waals surface area contributed by atoms with Crippen molar-refractivity contribution in [2.24, 2.45) is 0 Å². The van der Waals surface area contributed by atoms with Gasteiger partial charge >= 0.3 is 0 Å². The minimum absolute atomic E-state index is 0.00392. The molecule has 0 saturated carbocycles. The van der Waals surface area contributed by atoms with Crippen LogP contribution in [0.2, 0.25) is 0 Å². The zero-order chi connectivity index (χ0) is 21.1. The van der Waals surface area contributed by atoms with E-state index in [2.05, 4.69) is 15.3 Å². The molecule has 0 bridgehead atoms. The molecule has 4 rings (SSSR count). The molecule has 2 aromatic heterocycles. The number of carbonyl (C=O) groups is 1. The van der Waals surface area contributed by atoms with Gasteiger partial charge in [-0.3, -0.25) is 9.78 Å². The lowest BCUT2D eigenvalue weighted by Crippen LogP contribution is -2.38. The van der Waals surface area contributed by atoms with Gasteiger partial charge in [0.15, 0.2) is 5.69 Å². The van der Waals surface area contributed by atoms with E-state index in [4.69, 9.17) is 5.73 Å². The zero-order valence-corrected chi connectivity index (χ0v) is 16.3. The Balaban J connectivity index is 1.62. The van der Waals surface area contributed by atoms with E-state index < -0.39 is 17.8 Å². The first-order chi connectivity index (χ1) is 14.5. The number of aliphatic hydroxyl groups excluding tert-OH is 1. The van der Waals surface area contributed by atoms with Crippen molar-refractivity contribution in [1.82, 2.24) is 9.97 Å². The summed E-state index contributed by atoms with van der Waals surface area (Å²) in [7, 11) is 0. The summed E-state index contributed by atoms with van der Waals surface area (Å²) in [4.78, 5) is 23.4. The highest BCUT2D eigenvalue weighted by Gasteiger charge is 2.22. The summed E-state index contributed by atoms with van der Waals surface area (Å²) >= 11 is 0. The molecule has 1 aliphatic rings. The number of aliphatic hydroxyl groups is 1. The first-order valence-corrected chi connectivity index (χ1v) is 9.72. The summed E-state index contributed by atoms with van der Waals surface area (Å²) in [6.45, 7) is 1.25. The minimum Gasteiger partial charge on any atom is -0.397 e. The molecule has 1 aromatic carbocycles. The van der Waals surface area contributed by atoms with Crippen molar-refractivity contribution in [3.8, 4) is 11.3 Å². The number of carbonyl (C=O) groups excluding carboxylic acids is 1. The minimum atomic E-state index is -0.516. The third kappa shape index (κ3) is 4.08. The van der Waals surface area contributed by atoms with E-state index in [9.17, 15) is 14.3 Å². The first-order valence-electron chi connectivity index (χ1n) is 9.72. The molecule has 3 aromatic rings. The van der Waals surface area contributed by atoms with Gasteiger partial charge in [-0.1, -0.05) is 12.1 Å². The van der Waals surface area contributed by atoms with E-state index in [1.165, 1.54) is 12.1 Å². The maximum atomic E-state index is 14.1. The van der Waals surface area contributed by atoms with Gasteiger partial charge in [0.2, 0.25) is 0 Å². The number of rotatable bonds is 4. The van der Waals surface area contributed by atoms with Gasteiger partial charge in [-0.15, -0.1) is 0 Å². The fraction of sp³-hybridized carbons (Fsp3) is 0.227. The number of hydrogen-bond acceptors (Lipinski definition) is 6. The fourth-order valence-corrected chi connectivity index (χ4v) is 3.58. The number of anilines is 3. The smallest absolute Gasteiger partial charge is 0.276 e. The Hall–Kier alpha value is -3.52. The molecule has 1 fully saturated rings. The first kappa shape index (κ1) is 19.8. The number of benzene rings is 1. The average molecular weight is 407 g/mol. The van der Waals surface area contributed by atoms with Gasteiger partial charge < -0.3 is 21.1 Å². The Morgan fingerprint density at radius 2 is 2.07 bits per heavy atom. The Bertz CT molecular complexity index is 1070. The number of pyridine rings is 2. The molecule has 7 nitrogen and oxygen atoms in total. The number of β-amino-alcohol motifs (C(OH)–C–C–N with tert-alkyl or cyclic N) is 1. The molecule has 1 aliphatic heterocycles. The van der Waals surface area contributed by atoms with Crippen LogP contribution in [0.25, 0.3) is 11.3 Å². The molecule has 0 unspecified atom stereocenters. The molecule has 0 radical (unpaired) electrons. The van der Waals surface area contributed by atoms with Crippen LogP contribution in [-0.4, -0.2) is 40.2 Å². The highest BCUT2D eigenvalue weighted by Crippen LogP contribution is 2.29. The molecule has 3 heterocycles. The molecule has 4 N–H and O–H groups in total. The summed E-state index contributed by atoms with van der Waals surface area (Å²) < 4.78 is 14.1. The SMILES string of the molecule is Nc1ccc(-c2ccccc2F)nc1C(=O)Nc1cnccc1N1CCC[C@H](O)C1. The number of amides is 1. The molecule has 8 heteroatoms. The van der Waals surface area contributed by atoms with Gasteiger partial charge in [0.25, 0.3) is 5.91 Å². The van der Waals surface area contributed by atoms with Crippen LogP contribution in [0.4, 0.5) is 21.5 Å². The summed E-state index contributed by atoms with van der Waals surface area (Å²) in [6.07, 6.45) is 4.38. The topological polar surface area (TPSA) is 104 Å². The second-order valence-electron chi connectivity index (χ2n) is 7.20. The van der Waals surface area contributed by atoms with E-state index in [-0.39, 0.29) is 16.9 Å². The summed E-state index contributed by atoms with van der Waals surface area (Å²) in [5.41, 5.74) is 8.04. The quantitative estimate of drug-likeness (QED) is 0.614. The molecule has 30 heavy (non-hydrogen) atoms. The number of hydrogen-bond donors (Lipinski definition) is 3. The van der Waals surface area contributed by atoms with Crippen molar-refractivity contribution < 1.29 is 14.3 Å². The lowest BCUT2D eigenvalue weighted by molar-refractivity contribution is 0.102. The van der Waals surface area contributed by atoms with Crippen LogP contribution in [0.5, 0.6) is 0 Å². The van der Waals surface area contributed by atoms with E-state index in [1.807, 2.05) is 4.90 Å². The predicted molar refractivity (Wildman–Crippen MR) is 114 cm³/mol. The fourth-order valence-electron chi connectivity index (χ4n) is 3.58. The third-order valence-corrected chi connectivity index (χ3v) is 5.07. The number of halogens is 1. The van der Waals surface area contributed by atoms with Crippen LogP contribution in [0.1, 0.15) is 23.3 Å². The van der Waals surface area contributed by atoms with Crippen LogP contribution in [-0.2, 0) is 0 Å². The Labute approximate surface area is 173 Å². The highest BCUT2D eigenvalue weighted by atomic mass is 19.1. The number of nitrogens with one attached hydrogen (secondary N) is 1. The van der Waals surface area contributed by atoms with Crippen molar-refractivity contribution in [2.75, 3.05) is 29.0 Å². The van der Waals surface area contributed by atoms with Crippen molar-refractivity contribution in [2.45, 2.75) is 18.9 Å². The second kappa shape index (κ2) is 8.46. The summed E-state index contributed by atoms with van der Waals surface area (Å²) in [6, 6.07) is 11.1. The van der Waals surface area contributed by atoms with E-state index in [1.54, 1.807) is 42.7 Å². The Kier molecular flexibility index (Phi) is 5.58. The van der Waals surface area contributed by atoms with Crippen LogP contribution >= 0.6 is 0 Å². The molecule has 154 valence electrons. The van der Waals surface area contributed by atoms with E-state index in [0.717, 1.165) is 25.1 Å². The van der Waals surface area contributed by atoms with Crippen LogP contribution < -0.4 is 16.0 Å². The molecule has 1 atom stereocenters. The molecule has 1 amide bonds. The van der Waals surface area contributed by atoms with Gasteiger partial charge in [-0.05, 0) is 43.2 Å². The van der Waals surface area contributed by atoms with Crippen molar-refractivity contribution in [1.29, 1.82) is 0 Å². The van der Waals surface area contributed by atoms with Crippen LogP contribution in [0, 0.1) is 5.82 Å². The Morgan fingerprint density at radius 3 is 2.87 bits per heavy atom. The van der Waals surface area contributed by atoms with Gasteiger partial charge in [-0.2, -0.15) is 0 Å². The average Bonchev–Trinajstić information content (AvgIpc) is 2.75. The van der Waals surface area contributed by atoms with E-state index >= 15 is 0 Å².